The van der Waals surface area contributed by atoms with Crippen LogP contribution in [0.1, 0.15) is 18.1 Å². The van der Waals surface area contributed by atoms with Gasteiger partial charge in [-0.05, 0) is 25.1 Å². The molecule has 1 unspecified atom stereocenters. The number of carboxylic acids is 1. The van der Waals surface area contributed by atoms with Crippen molar-refractivity contribution < 1.29 is 14.7 Å². The molecule has 0 spiro atoms. The van der Waals surface area contributed by atoms with E-state index in [9.17, 15) is 9.59 Å². The summed E-state index contributed by atoms with van der Waals surface area (Å²) < 4.78 is 0. The van der Waals surface area contributed by atoms with Crippen LogP contribution < -0.4 is 10.6 Å². The number of nitrogens with one attached hydrogen (secondary N) is 2. The molecule has 0 saturated carbocycles. The summed E-state index contributed by atoms with van der Waals surface area (Å²) in [7, 11) is 1.71. The summed E-state index contributed by atoms with van der Waals surface area (Å²) in [6.07, 6.45) is -0.0341. The molecule has 5 nitrogen and oxygen atoms in total. The lowest BCUT2D eigenvalue weighted by molar-refractivity contribution is -0.136. The highest BCUT2D eigenvalue weighted by Gasteiger charge is 2.11. The number of rotatable bonds is 6. The van der Waals surface area contributed by atoms with Crippen molar-refractivity contribution >= 4 is 11.9 Å². The molecule has 0 saturated heterocycles. The fraction of sp³-hybridized carbons (Fsp3) is 0.385. The monoisotopic (exact) mass is 250 g/mol. The molecule has 0 fully saturated rings. The number of carbonyl (C=O) groups is 2. The van der Waals surface area contributed by atoms with Gasteiger partial charge in [-0.2, -0.15) is 0 Å². The van der Waals surface area contributed by atoms with E-state index in [0.29, 0.717) is 6.54 Å². The standard InChI is InChI=1S/C13H18N2O3/c1-9(14-2)13(18)15-8-11-6-4-3-5-10(11)7-12(16)17/h3-6,9,14H,7-8H2,1-2H3,(H,15,18)(H,16,17). The largest absolute Gasteiger partial charge is 0.481 e. The number of carbonyl (C=O) groups excluding carboxylic acids is 1. The molecule has 98 valence electrons. The van der Waals surface area contributed by atoms with Gasteiger partial charge >= 0.3 is 5.97 Å². The molecule has 1 atom stereocenters. The van der Waals surface area contributed by atoms with Gasteiger partial charge in [-0.3, -0.25) is 9.59 Å². The lowest BCUT2D eigenvalue weighted by atomic mass is 10.0. The van der Waals surface area contributed by atoms with Crippen LogP contribution in [-0.2, 0) is 22.6 Å². The van der Waals surface area contributed by atoms with Crippen molar-refractivity contribution in [2.24, 2.45) is 0 Å². The number of benzene rings is 1. The predicted molar refractivity (Wildman–Crippen MR) is 68.2 cm³/mol. The average molecular weight is 250 g/mol. The molecule has 0 heterocycles. The zero-order chi connectivity index (χ0) is 13.5. The first-order valence-corrected chi connectivity index (χ1v) is 5.78. The van der Waals surface area contributed by atoms with Crippen molar-refractivity contribution in [2.45, 2.75) is 25.9 Å². The molecule has 0 radical (unpaired) electrons. The lowest BCUT2D eigenvalue weighted by Gasteiger charge is -2.12. The first-order chi connectivity index (χ1) is 8.54. The molecule has 0 aliphatic rings. The SMILES string of the molecule is CNC(C)C(=O)NCc1ccccc1CC(=O)O. The topological polar surface area (TPSA) is 78.4 Å². The Morgan fingerprint density at radius 3 is 2.44 bits per heavy atom. The number of hydrogen-bond donors (Lipinski definition) is 3. The fourth-order valence-electron chi connectivity index (χ4n) is 1.53. The maximum Gasteiger partial charge on any atom is 0.307 e. The zero-order valence-corrected chi connectivity index (χ0v) is 10.6. The maximum atomic E-state index is 11.6. The van der Waals surface area contributed by atoms with Crippen LogP contribution in [0.3, 0.4) is 0 Å². The quantitative estimate of drug-likeness (QED) is 0.688. The van der Waals surface area contributed by atoms with E-state index < -0.39 is 5.97 Å². The number of likely N-dealkylation sites (N-methyl/N-ethyl adjacent to an activating group) is 1. The van der Waals surface area contributed by atoms with Crippen LogP contribution >= 0.6 is 0 Å². The van der Waals surface area contributed by atoms with E-state index >= 15 is 0 Å². The third-order valence-corrected chi connectivity index (χ3v) is 2.74. The van der Waals surface area contributed by atoms with Crippen LogP contribution in [0.25, 0.3) is 0 Å². The van der Waals surface area contributed by atoms with Gasteiger partial charge in [0, 0.05) is 6.54 Å². The molecule has 18 heavy (non-hydrogen) atoms. The number of amides is 1. The first-order valence-electron chi connectivity index (χ1n) is 5.78. The third kappa shape index (κ3) is 4.18. The molecular weight excluding hydrogens is 232 g/mol. The number of hydrogen-bond acceptors (Lipinski definition) is 3. The first kappa shape index (κ1) is 14.2. The summed E-state index contributed by atoms with van der Waals surface area (Å²) in [5.74, 6) is -0.986. The minimum atomic E-state index is -0.877. The van der Waals surface area contributed by atoms with Crippen molar-refractivity contribution in [2.75, 3.05) is 7.05 Å². The summed E-state index contributed by atoms with van der Waals surface area (Å²) in [5, 5.41) is 14.4. The van der Waals surface area contributed by atoms with E-state index in [0.717, 1.165) is 11.1 Å². The smallest absolute Gasteiger partial charge is 0.307 e. The predicted octanol–water partition coefficient (Wildman–Crippen LogP) is 0.538. The van der Waals surface area contributed by atoms with Crippen LogP contribution in [0.4, 0.5) is 0 Å². The molecule has 5 heteroatoms. The van der Waals surface area contributed by atoms with Gasteiger partial charge in [0.15, 0.2) is 0 Å². The Kier molecular flexibility index (Phi) is 5.32. The Balaban J connectivity index is 2.67. The van der Waals surface area contributed by atoms with Gasteiger partial charge in [0.05, 0.1) is 12.5 Å². The van der Waals surface area contributed by atoms with Crippen LogP contribution in [-0.4, -0.2) is 30.1 Å². The van der Waals surface area contributed by atoms with Crippen molar-refractivity contribution in [3.8, 4) is 0 Å². The zero-order valence-electron chi connectivity index (χ0n) is 10.6. The Hall–Kier alpha value is -1.88. The Bertz CT molecular complexity index is 432. The van der Waals surface area contributed by atoms with Crippen molar-refractivity contribution in [1.29, 1.82) is 0 Å². The minimum absolute atomic E-state index is 0.0341. The molecule has 0 bridgehead atoms. The van der Waals surface area contributed by atoms with Crippen LogP contribution in [0.5, 0.6) is 0 Å². The minimum Gasteiger partial charge on any atom is -0.481 e. The molecule has 1 aromatic rings. The molecule has 0 aromatic heterocycles. The number of aliphatic carboxylic acids is 1. The Morgan fingerprint density at radius 1 is 1.28 bits per heavy atom. The van der Waals surface area contributed by atoms with E-state index in [-0.39, 0.29) is 18.4 Å². The summed E-state index contributed by atoms with van der Waals surface area (Å²) in [4.78, 5) is 22.3. The van der Waals surface area contributed by atoms with Crippen molar-refractivity contribution in [1.82, 2.24) is 10.6 Å². The Labute approximate surface area is 106 Å². The van der Waals surface area contributed by atoms with E-state index in [1.165, 1.54) is 0 Å². The van der Waals surface area contributed by atoms with Gasteiger partial charge in [0.25, 0.3) is 0 Å². The normalized spacial score (nSPS) is 11.9. The van der Waals surface area contributed by atoms with Gasteiger partial charge in [0.1, 0.15) is 0 Å². The van der Waals surface area contributed by atoms with Crippen LogP contribution in [0, 0.1) is 0 Å². The second-order valence-corrected chi connectivity index (χ2v) is 4.07. The molecule has 0 aliphatic heterocycles. The summed E-state index contributed by atoms with van der Waals surface area (Å²) in [6, 6.07) is 6.94. The van der Waals surface area contributed by atoms with Crippen LogP contribution in [0.15, 0.2) is 24.3 Å². The highest BCUT2D eigenvalue weighted by atomic mass is 16.4. The van der Waals surface area contributed by atoms with Gasteiger partial charge in [-0.25, -0.2) is 0 Å². The molecule has 0 aliphatic carbocycles. The highest BCUT2D eigenvalue weighted by molar-refractivity contribution is 5.81. The summed E-state index contributed by atoms with van der Waals surface area (Å²) in [6.45, 7) is 2.10. The second-order valence-electron chi connectivity index (χ2n) is 4.07. The maximum absolute atomic E-state index is 11.6. The fourth-order valence-corrected chi connectivity index (χ4v) is 1.53. The molecule has 1 rings (SSSR count). The Morgan fingerprint density at radius 2 is 1.89 bits per heavy atom. The summed E-state index contributed by atoms with van der Waals surface area (Å²) in [5.41, 5.74) is 1.55. The van der Waals surface area contributed by atoms with E-state index in [2.05, 4.69) is 10.6 Å². The third-order valence-electron chi connectivity index (χ3n) is 2.74. The average Bonchev–Trinajstić information content (AvgIpc) is 2.35. The molecular formula is C13H18N2O3. The highest BCUT2D eigenvalue weighted by Crippen LogP contribution is 2.09. The van der Waals surface area contributed by atoms with Gasteiger partial charge in [0.2, 0.25) is 5.91 Å². The van der Waals surface area contributed by atoms with Crippen molar-refractivity contribution in [3.05, 3.63) is 35.4 Å². The molecule has 1 aromatic carbocycles. The molecule has 3 N–H and O–H groups in total. The number of carboxylic acid groups (broad SMARTS) is 1. The van der Waals surface area contributed by atoms with E-state index in [1.807, 2.05) is 12.1 Å². The van der Waals surface area contributed by atoms with Gasteiger partial charge in [-0.15, -0.1) is 0 Å². The summed E-state index contributed by atoms with van der Waals surface area (Å²) >= 11 is 0. The van der Waals surface area contributed by atoms with Gasteiger partial charge in [-0.1, -0.05) is 24.3 Å². The van der Waals surface area contributed by atoms with Gasteiger partial charge < -0.3 is 15.7 Å². The van der Waals surface area contributed by atoms with Crippen LogP contribution in [0.2, 0.25) is 0 Å². The molecule has 1 amide bonds. The lowest BCUT2D eigenvalue weighted by Crippen LogP contribution is -2.40. The van der Waals surface area contributed by atoms with E-state index in [4.69, 9.17) is 5.11 Å². The second kappa shape index (κ2) is 6.76. The van der Waals surface area contributed by atoms with E-state index in [1.54, 1.807) is 26.1 Å². The van der Waals surface area contributed by atoms with Crippen molar-refractivity contribution in [3.63, 3.8) is 0 Å².